The zero-order valence-electron chi connectivity index (χ0n) is 12.4. The predicted molar refractivity (Wildman–Crippen MR) is 84.0 cm³/mol. The fourth-order valence-corrected chi connectivity index (χ4v) is 2.39. The second-order valence-electron chi connectivity index (χ2n) is 5.24. The van der Waals surface area contributed by atoms with Crippen molar-refractivity contribution in [2.24, 2.45) is 5.73 Å². The Balaban J connectivity index is 1.84. The molecule has 0 fully saturated rings. The predicted octanol–water partition coefficient (Wildman–Crippen LogP) is 2.63. The third-order valence-electron chi connectivity index (χ3n) is 3.55. The molecule has 0 saturated carbocycles. The number of carbonyl (C=O) groups is 1. The topological polar surface area (TPSA) is 73.6 Å². The first-order chi connectivity index (χ1) is 11.1. The van der Waals surface area contributed by atoms with Crippen LogP contribution in [0.3, 0.4) is 0 Å². The second kappa shape index (κ2) is 6.56. The Kier molecular flexibility index (Phi) is 4.32. The molecule has 0 aliphatic carbocycles. The van der Waals surface area contributed by atoms with Crippen molar-refractivity contribution in [1.82, 2.24) is 0 Å². The van der Waals surface area contributed by atoms with E-state index in [-0.39, 0.29) is 5.82 Å². The van der Waals surface area contributed by atoms with E-state index in [1.54, 1.807) is 18.2 Å². The Bertz CT molecular complexity index is 703. The number of hydrogen-bond acceptors (Lipinski definition) is 4. The molecule has 6 heteroatoms. The van der Waals surface area contributed by atoms with Crippen molar-refractivity contribution in [2.45, 2.75) is 12.5 Å². The summed E-state index contributed by atoms with van der Waals surface area (Å²) in [5.41, 5.74) is 6.72. The van der Waals surface area contributed by atoms with Gasteiger partial charge in [-0.2, -0.15) is 0 Å². The molecule has 1 aliphatic rings. The van der Waals surface area contributed by atoms with Crippen molar-refractivity contribution in [3.63, 3.8) is 0 Å². The first kappa shape index (κ1) is 15.1. The Morgan fingerprint density at radius 1 is 1.09 bits per heavy atom. The molecule has 0 radical (unpaired) electrons. The average Bonchev–Trinajstić information content (AvgIpc) is 2.78. The normalized spacial score (nSPS) is 14.7. The van der Waals surface area contributed by atoms with Gasteiger partial charge in [-0.3, -0.25) is 4.79 Å². The molecule has 2 aromatic rings. The lowest BCUT2D eigenvalue weighted by Crippen LogP contribution is -2.27. The summed E-state index contributed by atoms with van der Waals surface area (Å²) >= 11 is 0. The van der Waals surface area contributed by atoms with Crippen LogP contribution in [0.25, 0.3) is 0 Å². The lowest BCUT2D eigenvalue weighted by atomic mass is 10.1. The van der Waals surface area contributed by atoms with Gasteiger partial charge in [0.15, 0.2) is 11.5 Å². The molecule has 0 saturated heterocycles. The molecule has 3 rings (SSSR count). The quantitative estimate of drug-likeness (QED) is 0.909. The Labute approximate surface area is 133 Å². The van der Waals surface area contributed by atoms with Crippen LogP contribution < -0.4 is 20.5 Å². The van der Waals surface area contributed by atoms with Crippen LogP contribution in [0, 0.1) is 5.82 Å². The number of rotatable bonds is 4. The number of nitrogens with one attached hydrogen (secondary N) is 1. The second-order valence-corrected chi connectivity index (χ2v) is 5.24. The fourth-order valence-electron chi connectivity index (χ4n) is 2.39. The van der Waals surface area contributed by atoms with Gasteiger partial charge in [-0.1, -0.05) is 12.1 Å². The number of benzene rings is 2. The van der Waals surface area contributed by atoms with E-state index in [0.717, 1.165) is 6.42 Å². The Morgan fingerprint density at radius 2 is 1.78 bits per heavy atom. The Morgan fingerprint density at radius 3 is 2.48 bits per heavy atom. The summed E-state index contributed by atoms with van der Waals surface area (Å²) < 4.78 is 24.2. The third kappa shape index (κ3) is 3.53. The zero-order chi connectivity index (χ0) is 16.2. The Hall–Kier alpha value is -2.76. The zero-order valence-corrected chi connectivity index (χ0v) is 12.4. The van der Waals surface area contributed by atoms with Gasteiger partial charge in [0, 0.05) is 18.2 Å². The molecular weight excluding hydrogens is 299 g/mol. The summed E-state index contributed by atoms with van der Waals surface area (Å²) in [6.45, 7) is 1.19. The van der Waals surface area contributed by atoms with Gasteiger partial charge in [-0.05, 0) is 29.8 Å². The van der Waals surface area contributed by atoms with E-state index >= 15 is 0 Å². The van der Waals surface area contributed by atoms with Gasteiger partial charge < -0.3 is 20.5 Å². The minimum atomic E-state index is -0.764. The largest absolute Gasteiger partial charge is 0.490 e. The molecule has 0 bridgehead atoms. The summed E-state index contributed by atoms with van der Waals surface area (Å²) in [4.78, 5) is 11.7. The summed E-state index contributed by atoms with van der Waals surface area (Å²) in [5.74, 6) is 0.372. The molecule has 1 unspecified atom stereocenters. The van der Waals surface area contributed by atoms with Crippen LogP contribution in [0.15, 0.2) is 42.5 Å². The number of ether oxygens (including phenoxy) is 2. The lowest BCUT2D eigenvalue weighted by molar-refractivity contribution is -0.118. The number of fused-ring (bicyclic) bond motifs is 1. The van der Waals surface area contributed by atoms with Crippen LogP contribution in [0.4, 0.5) is 10.1 Å². The smallest absolute Gasteiger partial charge is 0.244 e. The van der Waals surface area contributed by atoms with Crippen LogP contribution in [-0.4, -0.2) is 19.1 Å². The van der Waals surface area contributed by atoms with Crippen molar-refractivity contribution in [3.8, 4) is 11.5 Å². The maximum Gasteiger partial charge on any atom is 0.244 e. The highest BCUT2D eigenvalue weighted by Crippen LogP contribution is 2.33. The van der Waals surface area contributed by atoms with E-state index in [4.69, 9.17) is 15.2 Å². The van der Waals surface area contributed by atoms with Gasteiger partial charge >= 0.3 is 0 Å². The first-order valence-electron chi connectivity index (χ1n) is 7.34. The highest BCUT2D eigenvalue weighted by molar-refractivity contribution is 5.84. The number of primary amides is 1. The van der Waals surface area contributed by atoms with Crippen molar-refractivity contribution in [1.29, 1.82) is 0 Å². The van der Waals surface area contributed by atoms with Gasteiger partial charge in [-0.15, -0.1) is 0 Å². The standard InChI is InChI=1S/C17H17FN2O3/c18-12-4-2-11(3-5-12)16(17(19)21)20-13-6-7-14-15(10-13)23-9-1-8-22-14/h2-7,10,16,20H,1,8-9H2,(H2,19,21). The number of amides is 1. The summed E-state index contributed by atoms with van der Waals surface area (Å²) in [6.07, 6.45) is 0.816. The SMILES string of the molecule is NC(=O)C(Nc1ccc2c(c1)OCCCO2)c1ccc(F)cc1. The molecule has 0 aromatic heterocycles. The van der Waals surface area contributed by atoms with Gasteiger partial charge in [0.25, 0.3) is 0 Å². The number of halogens is 1. The lowest BCUT2D eigenvalue weighted by Gasteiger charge is -2.18. The molecule has 1 atom stereocenters. The average molecular weight is 316 g/mol. The monoisotopic (exact) mass is 316 g/mol. The fraction of sp³-hybridized carbons (Fsp3) is 0.235. The van der Waals surface area contributed by atoms with Gasteiger partial charge in [0.05, 0.1) is 13.2 Å². The van der Waals surface area contributed by atoms with Crippen LogP contribution in [-0.2, 0) is 4.79 Å². The van der Waals surface area contributed by atoms with Crippen LogP contribution in [0.2, 0.25) is 0 Å². The van der Waals surface area contributed by atoms with Crippen LogP contribution >= 0.6 is 0 Å². The number of anilines is 1. The van der Waals surface area contributed by atoms with E-state index in [9.17, 15) is 9.18 Å². The van der Waals surface area contributed by atoms with Crippen molar-refractivity contribution in [3.05, 3.63) is 53.8 Å². The van der Waals surface area contributed by atoms with E-state index in [2.05, 4.69) is 5.32 Å². The maximum absolute atomic E-state index is 13.0. The molecule has 1 heterocycles. The molecule has 0 spiro atoms. The van der Waals surface area contributed by atoms with E-state index in [0.29, 0.717) is 36.0 Å². The maximum atomic E-state index is 13.0. The van der Waals surface area contributed by atoms with E-state index < -0.39 is 11.9 Å². The first-order valence-corrected chi connectivity index (χ1v) is 7.34. The van der Waals surface area contributed by atoms with E-state index in [1.807, 2.05) is 0 Å². The van der Waals surface area contributed by atoms with Gasteiger partial charge in [0.2, 0.25) is 5.91 Å². The molecular formula is C17H17FN2O3. The summed E-state index contributed by atoms with van der Waals surface area (Å²) in [5, 5.41) is 3.05. The third-order valence-corrected chi connectivity index (χ3v) is 3.55. The minimum Gasteiger partial charge on any atom is -0.490 e. The van der Waals surface area contributed by atoms with Gasteiger partial charge in [-0.25, -0.2) is 4.39 Å². The van der Waals surface area contributed by atoms with Crippen LogP contribution in [0.1, 0.15) is 18.0 Å². The van der Waals surface area contributed by atoms with Crippen molar-refractivity contribution < 1.29 is 18.7 Å². The molecule has 120 valence electrons. The van der Waals surface area contributed by atoms with E-state index in [1.165, 1.54) is 24.3 Å². The number of nitrogens with two attached hydrogens (primary N) is 1. The highest BCUT2D eigenvalue weighted by Gasteiger charge is 2.19. The molecule has 1 aliphatic heterocycles. The molecule has 1 amide bonds. The van der Waals surface area contributed by atoms with Gasteiger partial charge in [0.1, 0.15) is 11.9 Å². The molecule has 23 heavy (non-hydrogen) atoms. The van der Waals surface area contributed by atoms with Crippen molar-refractivity contribution in [2.75, 3.05) is 18.5 Å². The molecule has 2 aromatic carbocycles. The summed E-state index contributed by atoms with van der Waals surface area (Å²) in [7, 11) is 0. The molecule has 3 N–H and O–H groups in total. The minimum absolute atomic E-state index is 0.368. The molecule has 5 nitrogen and oxygen atoms in total. The number of hydrogen-bond donors (Lipinski definition) is 2. The number of carbonyl (C=O) groups excluding carboxylic acids is 1. The summed E-state index contributed by atoms with van der Waals surface area (Å²) in [6, 6.07) is 10.2. The van der Waals surface area contributed by atoms with Crippen molar-refractivity contribution >= 4 is 11.6 Å². The highest BCUT2D eigenvalue weighted by atomic mass is 19.1. The van der Waals surface area contributed by atoms with Crippen LogP contribution in [0.5, 0.6) is 11.5 Å².